The Bertz CT molecular complexity index is 1140. The molecule has 1 aliphatic heterocycles. The molecule has 0 spiro atoms. The van der Waals surface area contributed by atoms with E-state index in [9.17, 15) is 19.2 Å². The van der Waals surface area contributed by atoms with Gasteiger partial charge in [0.2, 0.25) is 0 Å². The number of benzene rings is 2. The maximum Gasteiger partial charge on any atom is 0.309 e. The first-order valence-electron chi connectivity index (χ1n) is 10.1. The van der Waals surface area contributed by atoms with Crippen molar-refractivity contribution in [2.45, 2.75) is 36.9 Å². The van der Waals surface area contributed by atoms with Crippen LogP contribution in [0.2, 0.25) is 0 Å². The molecule has 2 heterocycles. The number of fused-ring (bicyclic) bond motifs is 1. The fourth-order valence-electron chi connectivity index (χ4n) is 3.73. The van der Waals surface area contributed by atoms with Crippen LogP contribution in [-0.4, -0.2) is 53.2 Å². The lowest BCUT2D eigenvalue weighted by atomic mass is 10.0. The Labute approximate surface area is 188 Å². The van der Waals surface area contributed by atoms with Crippen molar-refractivity contribution in [2.24, 2.45) is 0 Å². The van der Waals surface area contributed by atoms with Gasteiger partial charge in [0, 0.05) is 18.5 Å². The third-order valence-corrected chi connectivity index (χ3v) is 6.56. The third kappa shape index (κ3) is 4.89. The lowest BCUT2D eigenvalue weighted by molar-refractivity contribution is -0.136. The fourth-order valence-corrected chi connectivity index (χ4v) is 5.05. The Morgan fingerprint density at radius 3 is 2.56 bits per heavy atom. The Balaban J connectivity index is 0.000000913. The molecule has 1 saturated heterocycles. The van der Waals surface area contributed by atoms with Crippen LogP contribution in [0.4, 0.5) is 4.39 Å². The molecule has 1 unspecified atom stereocenters. The molecule has 3 aromatic rings. The predicted molar refractivity (Wildman–Crippen MR) is 122 cm³/mol. The fraction of sp³-hybridized carbons (Fsp3) is 0.304. The first-order valence-corrected chi connectivity index (χ1v) is 11.2. The largest absolute Gasteiger partial charge is 0.508 e. The summed E-state index contributed by atoms with van der Waals surface area (Å²) < 4.78 is 31.5. The smallest absolute Gasteiger partial charge is 0.309 e. The van der Waals surface area contributed by atoms with Crippen LogP contribution in [-0.2, 0) is 22.2 Å². The van der Waals surface area contributed by atoms with E-state index in [1.54, 1.807) is 42.5 Å². The van der Waals surface area contributed by atoms with Crippen molar-refractivity contribution in [1.82, 2.24) is 14.1 Å². The van der Waals surface area contributed by atoms with E-state index in [1.165, 1.54) is 28.0 Å². The van der Waals surface area contributed by atoms with Crippen LogP contribution in [0, 0.1) is 0 Å². The summed E-state index contributed by atoms with van der Waals surface area (Å²) in [7, 11) is -1.60. The number of hydrogen-bond donors (Lipinski definition) is 2. The summed E-state index contributed by atoms with van der Waals surface area (Å²) in [5.41, 5.74) is -0.695. The van der Waals surface area contributed by atoms with Gasteiger partial charge in [0.15, 0.2) is 0 Å². The molecular formula is C23H26FN3O4S. The Kier molecular flexibility index (Phi) is 7.10. The van der Waals surface area contributed by atoms with Crippen LogP contribution < -0.4 is 0 Å². The van der Waals surface area contributed by atoms with Crippen LogP contribution in [0.3, 0.4) is 0 Å². The highest BCUT2D eigenvalue weighted by molar-refractivity contribution is 7.82. The molecule has 4 rings (SSSR count). The van der Waals surface area contributed by atoms with Gasteiger partial charge in [-0.15, -0.1) is 6.58 Å². The Hall–Kier alpha value is -3.04. The predicted octanol–water partition coefficient (Wildman–Crippen LogP) is 3.87. The highest BCUT2D eigenvalue weighted by atomic mass is 32.2. The molecule has 32 heavy (non-hydrogen) atoms. The molecule has 0 aliphatic carbocycles. The second kappa shape index (κ2) is 9.62. The molecule has 170 valence electrons. The number of para-hydroxylation sites is 1. The normalized spacial score (nSPS) is 21.7. The first kappa shape index (κ1) is 23.6. The van der Waals surface area contributed by atoms with Crippen LogP contribution in [0.25, 0.3) is 10.9 Å². The summed E-state index contributed by atoms with van der Waals surface area (Å²) in [5, 5.41) is 23.7. The zero-order valence-corrected chi connectivity index (χ0v) is 18.8. The van der Waals surface area contributed by atoms with E-state index in [4.69, 9.17) is 0 Å². The number of aliphatic carboxylic acids is 1. The van der Waals surface area contributed by atoms with Gasteiger partial charge in [-0.25, -0.2) is 12.9 Å². The molecule has 3 atom stereocenters. The molecule has 0 radical (unpaired) electrons. The molecule has 1 aliphatic rings. The lowest BCUT2D eigenvalue weighted by Crippen LogP contribution is -2.32. The van der Waals surface area contributed by atoms with E-state index in [2.05, 4.69) is 11.7 Å². The molecule has 0 bridgehead atoms. The van der Waals surface area contributed by atoms with Crippen LogP contribution in [0.1, 0.15) is 25.6 Å². The molecule has 9 heteroatoms. The summed E-state index contributed by atoms with van der Waals surface area (Å²) in [4.78, 5) is 11.7. The minimum atomic E-state index is -1.72. The summed E-state index contributed by atoms with van der Waals surface area (Å²) in [6, 6.07) is 12.4. The van der Waals surface area contributed by atoms with E-state index in [1.807, 2.05) is 6.92 Å². The lowest BCUT2D eigenvalue weighted by Gasteiger charge is -2.22. The number of phenolic OH excluding ortho intramolecular Hbond substituents is 1. The van der Waals surface area contributed by atoms with E-state index in [-0.39, 0.29) is 25.3 Å². The number of halogens is 1. The number of hydrogen-bond acceptors (Lipinski definition) is 4. The van der Waals surface area contributed by atoms with Crippen molar-refractivity contribution in [1.29, 1.82) is 0 Å². The monoisotopic (exact) mass is 459 g/mol. The van der Waals surface area contributed by atoms with E-state index >= 15 is 4.39 Å². The minimum Gasteiger partial charge on any atom is -0.508 e. The molecule has 0 saturated carbocycles. The minimum absolute atomic E-state index is 0.0619. The maximum atomic E-state index is 15.6. The number of carboxylic acid groups (broad SMARTS) is 1. The van der Waals surface area contributed by atoms with Crippen molar-refractivity contribution in [3.05, 3.63) is 66.9 Å². The zero-order valence-electron chi connectivity index (χ0n) is 17.9. The highest BCUT2D eigenvalue weighted by Gasteiger charge is 2.47. The molecule has 7 nitrogen and oxygen atoms in total. The number of aromatic hydroxyl groups is 1. The van der Waals surface area contributed by atoms with Gasteiger partial charge < -0.3 is 10.2 Å². The molecule has 1 aromatic heterocycles. The second-order valence-electron chi connectivity index (χ2n) is 7.75. The van der Waals surface area contributed by atoms with Crippen LogP contribution >= 0.6 is 0 Å². The van der Waals surface area contributed by atoms with Crippen LogP contribution in [0.15, 0.2) is 66.1 Å². The number of rotatable bonds is 5. The number of phenols is 1. The number of carboxylic acids is 1. The van der Waals surface area contributed by atoms with E-state index in [0.717, 1.165) is 0 Å². The number of carbonyl (C=O) groups is 1. The molecule has 0 amide bonds. The summed E-state index contributed by atoms with van der Waals surface area (Å²) in [6.45, 7) is 6.78. The topological polar surface area (TPSA) is 95.7 Å². The summed E-state index contributed by atoms with van der Waals surface area (Å²) >= 11 is 0. The molecular weight excluding hydrogens is 433 g/mol. The van der Waals surface area contributed by atoms with Crippen molar-refractivity contribution in [2.75, 3.05) is 13.1 Å². The number of alkyl halides is 1. The second-order valence-corrected chi connectivity index (χ2v) is 9.23. The first-order chi connectivity index (χ1) is 15.2. The average Bonchev–Trinajstić information content (AvgIpc) is 3.25. The summed E-state index contributed by atoms with van der Waals surface area (Å²) in [5.74, 6) is -0.945. The van der Waals surface area contributed by atoms with Gasteiger partial charge in [0.25, 0.3) is 0 Å². The standard InChI is InChI=1S/C20H20FN3O4S.C3H6/c1-20(21)12-23(29(28)14-8-6-13(25)7-9-14)11-18(20)24-17-5-3-2-4-15(17)16(22-24)10-19(26)27;1-3-2/h2-9,18,25H,10-12H2,1H3,(H,26,27);3H,1H2,2H3/t18-,20-,29?;/m0./s1. The van der Waals surface area contributed by atoms with Gasteiger partial charge in [0.05, 0.1) is 22.5 Å². The van der Waals surface area contributed by atoms with Gasteiger partial charge in [-0.3, -0.25) is 9.48 Å². The average molecular weight is 460 g/mol. The van der Waals surface area contributed by atoms with Crippen molar-refractivity contribution < 1.29 is 23.6 Å². The van der Waals surface area contributed by atoms with E-state index in [0.29, 0.717) is 21.5 Å². The van der Waals surface area contributed by atoms with Gasteiger partial charge in [-0.05, 0) is 44.2 Å². The highest BCUT2D eigenvalue weighted by Crippen LogP contribution is 2.38. The Morgan fingerprint density at radius 2 is 1.94 bits per heavy atom. The van der Waals surface area contributed by atoms with Gasteiger partial charge in [-0.1, -0.05) is 24.3 Å². The maximum absolute atomic E-state index is 15.6. The van der Waals surface area contributed by atoms with Crippen molar-refractivity contribution >= 4 is 27.9 Å². The van der Waals surface area contributed by atoms with Crippen molar-refractivity contribution in [3.63, 3.8) is 0 Å². The quantitative estimate of drug-likeness (QED) is 0.565. The number of allylic oxidation sites excluding steroid dienone is 1. The SMILES string of the molecule is C=CC.C[C@]1(F)CN(S(=O)c2ccc(O)cc2)C[C@@H]1n1nc(CC(=O)O)c2ccccc21. The van der Waals surface area contributed by atoms with Gasteiger partial charge in [-0.2, -0.15) is 5.10 Å². The third-order valence-electron chi connectivity index (χ3n) is 5.13. The molecule has 2 N–H and O–H groups in total. The molecule has 2 aromatic carbocycles. The van der Waals surface area contributed by atoms with Gasteiger partial charge >= 0.3 is 5.97 Å². The van der Waals surface area contributed by atoms with Crippen molar-refractivity contribution in [3.8, 4) is 5.75 Å². The number of nitrogens with zero attached hydrogens (tertiary/aromatic N) is 3. The van der Waals surface area contributed by atoms with E-state index < -0.39 is 28.7 Å². The molecule has 1 fully saturated rings. The number of aromatic nitrogens is 2. The van der Waals surface area contributed by atoms with Gasteiger partial charge in [0.1, 0.15) is 28.4 Å². The zero-order chi connectivity index (χ0) is 23.5. The Morgan fingerprint density at radius 1 is 1.31 bits per heavy atom. The summed E-state index contributed by atoms with van der Waals surface area (Å²) in [6.07, 6.45) is 1.49. The van der Waals surface area contributed by atoms with Crippen LogP contribution in [0.5, 0.6) is 5.75 Å².